The van der Waals surface area contributed by atoms with Gasteiger partial charge in [-0.3, -0.25) is 10.1 Å². The van der Waals surface area contributed by atoms with Gasteiger partial charge in [-0.1, -0.05) is 22.0 Å². The molecule has 21 heavy (non-hydrogen) atoms. The maximum atomic E-state index is 13.2. The molecule has 7 heteroatoms. The average molecular weight is 419 g/mol. The lowest BCUT2D eigenvalue weighted by Crippen LogP contribution is -2.01. The summed E-state index contributed by atoms with van der Waals surface area (Å²) < 4.78 is 19.7. The van der Waals surface area contributed by atoms with Gasteiger partial charge in [-0.2, -0.15) is 0 Å². The van der Waals surface area contributed by atoms with Crippen LogP contribution in [-0.4, -0.2) is 4.92 Å². The Labute approximate surface area is 137 Å². The van der Waals surface area contributed by atoms with Gasteiger partial charge in [0.2, 0.25) is 0 Å². The minimum absolute atomic E-state index is 0.108. The highest BCUT2D eigenvalue weighted by Crippen LogP contribution is 2.34. The summed E-state index contributed by atoms with van der Waals surface area (Å²) in [5.74, 6) is -0.159. The third kappa shape index (κ3) is 3.79. The highest BCUT2D eigenvalue weighted by molar-refractivity contribution is 9.10. The van der Waals surface area contributed by atoms with Gasteiger partial charge in [-0.25, -0.2) is 4.39 Å². The lowest BCUT2D eigenvalue weighted by Gasteiger charge is -2.10. The summed E-state index contributed by atoms with van der Waals surface area (Å²) in [6.45, 7) is 1.84. The van der Waals surface area contributed by atoms with E-state index in [-0.39, 0.29) is 23.9 Å². The van der Waals surface area contributed by atoms with Crippen molar-refractivity contribution in [3.63, 3.8) is 0 Å². The summed E-state index contributed by atoms with van der Waals surface area (Å²) in [5, 5.41) is 11.1. The van der Waals surface area contributed by atoms with Crippen LogP contribution in [0.3, 0.4) is 0 Å². The van der Waals surface area contributed by atoms with E-state index < -0.39 is 4.92 Å². The van der Waals surface area contributed by atoms with Crippen molar-refractivity contribution in [3.8, 4) is 5.75 Å². The van der Waals surface area contributed by atoms with Crippen molar-refractivity contribution in [1.29, 1.82) is 0 Å². The topological polar surface area (TPSA) is 52.4 Å². The van der Waals surface area contributed by atoms with Gasteiger partial charge in [0.05, 0.1) is 9.40 Å². The third-order valence-electron chi connectivity index (χ3n) is 2.78. The van der Waals surface area contributed by atoms with E-state index in [2.05, 4.69) is 31.9 Å². The first-order valence-corrected chi connectivity index (χ1v) is 7.48. The molecule has 0 bridgehead atoms. The van der Waals surface area contributed by atoms with Crippen molar-refractivity contribution in [2.45, 2.75) is 13.5 Å². The van der Waals surface area contributed by atoms with Crippen LogP contribution in [-0.2, 0) is 6.61 Å². The van der Waals surface area contributed by atoms with Gasteiger partial charge < -0.3 is 4.74 Å². The van der Waals surface area contributed by atoms with E-state index in [1.54, 1.807) is 25.1 Å². The third-order valence-corrected chi connectivity index (χ3v) is 3.85. The van der Waals surface area contributed by atoms with Crippen LogP contribution in [0.25, 0.3) is 0 Å². The van der Waals surface area contributed by atoms with Gasteiger partial charge in [0, 0.05) is 10.5 Å². The number of nitrogens with zero attached hydrogens (tertiary/aromatic N) is 1. The van der Waals surface area contributed by atoms with Gasteiger partial charge in [0.25, 0.3) is 0 Å². The smallest absolute Gasteiger partial charge is 0.312 e. The molecular weight excluding hydrogens is 409 g/mol. The van der Waals surface area contributed by atoms with E-state index in [1.165, 1.54) is 12.1 Å². The van der Waals surface area contributed by atoms with Gasteiger partial charge in [0.15, 0.2) is 5.75 Å². The zero-order chi connectivity index (χ0) is 15.6. The van der Waals surface area contributed by atoms with Crippen LogP contribution in [0.5, 0.6) is 5.75 Å². The van der Waals surface area contributed by atoms with E-state index in [9.17, 15) is 14.5 Å². The molecular formula is C14H10Br2FNO3. The summed E-state index contributed by atoms with van der Waals surface area (Å²) in [6.07, 6.45) is 0. The average Bonchev–Trinajstić information content (AvgIpc) is 2.40. The minimum Gasteiger partial charge on any atom is -0.482 e. The lowest BCUT2D eigenvalue weighted by atomic mass is 10.2. The Morgan fingerprint density at radius 1 is 1.29 bits per heavy atom. The number of hydrogen-bond donors (Lipinski definition) is 0. The molecule has 0 saturated heterocycles. The lowest BCUT2D eigenvalue weighted by molar-refractivity contribution is -0.386. The number of ether oxygens (including phenoxy) is 1. The van der Waals surface area contributed by atoms with Gasteiger partial charge in [-0.05, 0) is 52.2 Å². The van der Waals surface area contributed by atoms with Crippen LogP contribution in [0, 0.1) is 22.9 Å². The Morgan fingerprint density at radius 2 is 2.00 bits per heavy atom. The zero-order valence-corrected chi connectivity index (χ0v) is 14.1. The van der Waals surface area contributed by atoms with Crippen molar-refractivity contribution >= 4 is 37.5 Å². The molecule has 0 atom stereocenters. The fourth-order valence-corrected chi connectivity index (χ4v) is 2.81. The molecule has 0 heterocycles. The molecule has 0 aromatic heterocycles. The predicted molar refractivity (Wildman–Crippen MR) is 84.0 cm³/mol. The van der Waals surface area contributed by atoms with Crippen LogP contribution in [0.4, 0.5) is 10.1 Å². The zero-order valence-electron chi connectivity index (χ0n) is 10.9. The molecule has 2 rings (SSSR count). The quantitative estimate of drug-likeness (QED) is 0.509. The highest BCUT2D eigenvalue weighted by Gasteiger charge is 2.19. The molecule has 0 aliphatic heterocycles. The number of nitro groups is 1. The number of hydrogen-bond acceptors (Lipinski definition) is 3. The Balaban J connectivity index is 2.27. The van der Waals surface area contributed by atoms with Crippen molar-refractivity contribution in [1.82, 2.24) is 0 Å². The van der Waals surface area contributed by atoms with Crippen molar-refractivity contribution < 1.29 is 14.1 Å². The normalized spacial score (nSPS) is 10.5. The molecule has 110 valence electrons. The van der Waals surface area contributed by atoms with Crippen LogP contribution in [0.1, 0.15) is 11.1 Å². The fourth-order valence-electron chi connectivity index (χ4n) is 1.82. The second-order valence-electron chi connectivity index (χ2n) is 4.37. The van der Waals surface area contributed by atoms with E-state index in [1.807, 2.05) is 0 Å². The molecule has 0 fully saturated rings. The second kappa shape index (κ2) is 6.53. The Morgan fingerprint density at radius 3 is 2.62 bits per heavy atom. The molecule has 0 unspecified atom stereocenters. The summed E-state index contributed by atoms with van der Waals surface area (Å²) in [4.78, 5) is 10.6. The number of halogens is 3. The summed E-state index contributed by atoms with van der Waals surface area (Å²) >= 11 is 6.31. The second-order valence-corrected chi connectivity index (χ2v) is 6.14. The largest absolute Gasteiger partial charge is 0.482 e. The Hall–Kier alpha value is -1.47. The van der Waals surface area contributed by atoms with E-state index in [0.717, 1.165) is 0 Å². The summed E-state index contributed by atoms with van der Waals surface area (Å²) in [6, 6.07) is 7.59. The highest BCUT2D eigenvalue weighted by atomic mass is 79.9. The molecule has 0 amide bonds. The maximum absolute atomic E-state index is 13.2. The molecule has 0 aliphatic rings. The van der Waals surface area contributed by atoms with Gasteiger partial charge >= 0.3 is 5.69 Å². The fraction of sp³-hybridized carbons (Fsp3) is 0.143. The molecule has 2 aromatic rings. The molecule has 0 radical (unpaired) electrons. The van der Waals surface area contributed by atoms with Crippen LogP contribution in [0.15, 0.2) is 39.3 Å². The molecule has 0 spiro atoms. The van der Waals surface area contributed by atoms with E-state index >= 15 is 0 Å². The van der Waals surface area contributed by atoms with Gasteiger partial charge in [0.1, 0.15) is 12.4 Å². The first kappa shape index (κ1) is 15.9. The standard InChI is InChI=1S/C14H10Br2FNO3/c1-8-4-10(15)6-13(18(19)20)14(8)21-7-9-2-3-12(17)11(16)5-9/h2-6H,7H2,1H3. The Bertz CT molecular complexity index is 707. The number of nitro benzene ring substituents is 1. The SMILES string of the molecule is Cc1cc(Br)cc([N+](=O)[O-])c1OCc1ccc(F)c(Br)c1. The summed E-state index contributed by atoms with van der Waals surface area (Å²) in [7, 11) is 0. The summed E-state index contributed by atoms with van der Waals surface area (Å²) in [5.41, 5.74) is 1.25. The number of rotatable bonds is 4. The van der Waals surface area contributed by atoms with E-state index in [4.69, 9.17) is 4.74 Å². The maximum Gasteiger partial charge on any atom is 0.312 e. The van der Waals surface area contributed by atoms with Crippen LogP contribution < -0.4 is 4.74 Å². The molecule has 4 nitrogen and oxygen atoms in total. The molecule has 0 saturated carbocycles. The van der Waals surface area contributed by atoms with E-state index in [0.29, 0.717) is 20.1 Å². The van der Waals surface area contributed by atoms with Gasteiger partial charge in [-0.15, -0.1) is 0 Å². The minimum atomic E-state index is -0.492. The predicted octanol–water partition coefficient (Wildman–Crippen LogP) is 5.15. The van der Waals surface area contributed by atoms with Crippen molar-refractivity contribution in [2.75, 3.05) is 0 Å². The van der Waals surface area contributed by atoms with Crippen LogP contribution in [0.2, 0.25) is 0 Å². The molecule has 0 aliphatic carbocycles. The number of benzene rings is 2. The monoisotopic (exact) mass is 417 g/mol. The first-order valence-electron chi connectivity index (χ1n) is 5.89. The van der Waals surface area contributed by atoms with Crippen LogP contribution >= 0.6 is 31.9 Å². The molecule has 0 N–H and O–H groups in total. The Kier molecular flexibility index (Phi) is 4.95. The van der Waals surface area contributed by atoms with Crippen molar-refractivity contribution in [2.24, 2.45) is 0 Å². The first-order chi connectivity index (χ1) is 9.88. The molecule has 2 aromatic carbocycles. The number of aryl methyl sites for hydroxylation is 1. The van der Waals surface area contributed by atoms with Crippen molar-refractivity contribution in [3.05, 3.63) is 66.3 Å².